The first kappa shape index (κ1) is 16.5. The third-order valence-electron chi connectivity index (χ3n) is 3.12. The van der Waals surface area contributed by atoms with Gasteiger partial charge in [0.15, 0.2) is 5.37 Å². The lowest BCUT2D eigenvalue weighted by Crippen LogP contribution is -2.37. The summed E-state index contributed by atoms with van der Waals surface area (Å²) in [5.41, 5.74) is 6.51. The number of urea groups is 1. The van der Waals surface area contributed by atoms with Crippen LogP contribution in [0.1, 0.15) is 16.5 Å². The first-order valence-corrected chi connectivity index (χ1v) is 8.77. The minimum atomic E-state index is -3.83. The van der Waals surface area contributed by atoms with Crippen molar-refractivity contribution >= 4 is 31.8 Å². The molecule has 22 heavy (non-hydrogen) atoms. The molecule has 7 heteroatoms. The van der Waals surface area contributed by atoms with E-state index in [0.717, 1.165) is 5.56 Å². The van der Waals surface area contributed by atoms with Crippen molar-refractivity contribution in [3.8, 4) is 0 Å². The highest BCUT2D eigenvalue weighted by molar-refractivity contribution is 9.10. The molecular formula is C15H15BrN2O3S. The van der Waals surface area contributed by atoms with Gasteiger partial charge in [-0.25, -0.2) is 13.2 Å². The van der Waals surface area contributed by atoms with Crippen molar-refractivity contribution in [2.45, 2.75) is 17.2 Å². The van der Waals surface area contributed by atoms with Crippen LogP contribution < -0.4 is 11.1 Å². The summed E-state index contributed by atoms with van der Waals surface area (Å²) in [4.78, 5) is 11.4. The Morgan fingerprint density at radius 1 is 1.14 bits per heavy atom. The van der Waals surface area contributed by atoms with Gasteiger partial charge in [0.2, 0.25) is 9.84 Å². The second kappa shape index (κ2) is 6.50. The first-order valence-electron chi connectivity index (χ1n) is 6.43. The molecule has 0 spiro atoms. The minimum Gasteiger partial charge on any atom is -0.352 e. The smallest absolute Gasteiger partial charge is 0.313 e. The predicted octanol–water partition coefficient (Wildman–Crippen LogP) is 2.90. The lowest BCUT2D eigenvalue weighted by Gasteiger charge is -2.20. The molecule has 0 radical (unpaired) electrons. The molecular weight excluding hydrogens is 368 g/mol. The van der Waals surface area contributed by atoms with E-state index >= 15 is 0 Å². The van der Waals surface area contributed by atoms with Gasteiger partial charge in [-0.15, -0.1) is 0 Å². The molecule has 0 aliphatic carbocycles. The van der Waals surface area contributed by atoms with E-state index in [1.165, 1.54) is 12.1 Å². The Bertz CT molecular complexity index is 789. The summed E-state index contributed by atoms with van der Waals surface area (Å²) in [5, 5.41) is 1.05. The Morgan fingerprint density at radius 3 is 2.27 bits per heavy atom. The predicted molar refractivity (Wildman–Crippen MR) is 88.0 cm³/mol. The number of aryl methyl sites for hydroxylation is 1. The van der Waals surface area contributed by atoms with Crippen LogP contribution in [0.25, 0.3) is 0 Å². The molecule has 3 N–H and O–H groups in total. The van der Waals surface area contributed by atoms with Gasteiger partial charge in [0.25, 0.3) is 0 Å². The molecule has 0 aliphatic rings. The number of nitrogens with two attached hydrogens (primary N) is 1. The Morgan fingerprint density at radius 2 is 1.73 bits per heavy atom. The summed E-state index contributed by atoms with van der Waals surface area (Å²) in [6, 6.07) is 12.3. The fourth-order valence-electron chi connectivity index (χ4n) is 2.00. The first-order chi connectivity index (χ1) is 10.3. The zero-order valence-corrected chi connectivity index (χ0v) is 14.2. The zero-order chi connectivity index (χ0) is 16.3. The van der Waals surface area contributed by atoms with E-state index in [-0.39, 0.29) is 4.90 Å². The molecule has 1 unspecified atom stereocenters. The highest BCUT2D eigenvalue weighted by Crippen LogP contribution is 2.31. The molecule has 0 heterocycles. The summed E-state index contributed by atoms with van der Waals surface area (Å²) >= 11 is 3.31. The number of carbonyl (C=O) groups excluding carboxylic acids is 1. The van der Waals surface area contributed by atoms with Crippen LogP contribution in [0.15, 0.2) is 57.9 Å². The molecule has 0 saturated heterocycles. The van der Waals surface area contributed by atoms with Crippen LogP contribution in [0, 0.1) is 6.92 Å². The van der Waals surface area contributed by atoms with E-state index in [0.29, 0.717) is 10.0 Å². The van der Waals surface area contributed by atoms with Crippen molar-refractivity contribution in [2.75, 3.05) is 0 Å². The van der Waals surface area contributed by atoms with Crippen LogP contribution in [0.4, 0.5) is 4.79 Å². The molecule has 5 nitrogen and oxygen atoms in total. The summed E-state index contributed by atoms with van der Waals surface area (Å²) in [6.07, 6.45) is 0. The fourth-order valence-corrected chi connectivity index (χ4v) is 4.27. The minimum absolute atomic E-state index is 0.118. The summed E-state index contributed by atoms with van der Waals surface area (Å²) in [5.74, 6) is 0. The normalized spacial score (nSPS) is 12.6. The molecule has 1 atom stereocenters. The number of primary amides is 1. The lowest BCUT2D eigenvalue weighted by atomic mass is 10.2. The van der Waals surface area contributed by atoms with Crippen LogP contribution in [0.5, 0.6) is 0 Å². The van der Waals surface area contributed by atoms with E-state index in [4.69, 9.17) is 5.73 Å². The molecule has 2 aromatic rings. The van der Waals surface area contributed by atoms with E-state index in [1.807, 2.05) is 6.92 Å². The maximum absolute atomic E-state index is 12.8. The summed E-state index contributed by atoms with van der Waals surface area (Å²) in [7, 11) is -3.83. The van der Waals surface area contributed by atoms with E-state index in [2.05, 4.69) is 21.2 Å². The van der Waals surface area contributed by atoms with Gasteiger partial charge < -0.3 is 11.1 Å². The Hall–Kier alpha value is -1.86. The number of carbonyl (C=O) groups is 1. The maximum atomic E-state index is 12.8. The topological polar surface area (TPSA) is 89.3 Å². The molecule has 2 rings (SSSR count). The number of rotatable bonds is 4. The van der Waals surface area contributed by atoms with Gasteiger partial charge >= 0.3 is 6.03 Å². The van der Waals surface area contributed by atoms with Crippen LogP contribution in [-0.2, 0) is 9.84 Å². The quantitative estimate of drug-likeness (QED) is 0.851. The van der Waals surface area contributed by atoms with Crippen molar-refractivity contribution in [1.29, 1.82) is 0 Å². The SMILES string of the molecule is Cc1ccc(S(=O)(=O)C(NC(N)=O)c2ccccc2Br)cc1. The van der Waals surface area contributed by atoms with E-state index in [1.54, 1.807) is 36.4 Å². The van der Waals surface area contributed by atoms with Crippen LogP contribution in [0.3, 0.4) is 0 Å². The van der Waals surface area contributed by atoms with Crippen molar-refractivity contribution in [3.05, 3.63) is 64.1 Å². The average Bonchev–Trinajstić information content (AvgIpc) is 2.46. The van der Waals surface area contributed by atoms with Crippen LogP contribution >= 0.6 is 15.9 Å². The van der Waals surface area contributed by atoms with Gasteiger partial charge in [-0.1, -0.05) is 51.8 Å². The number of amides is 2. The molecule has 2 amide bonds. The Kier molecular flexibility index (Phi) is 4.87. The van der Waals surface area contributed by atoms with Crippen molar-refractivity contribution in [2.24, 2.45) is 5.73 Å². The van der Waals surface area contributed by atoms with Gasteiger partial charge in [0.1, 0.15) is 0 Å². The number of sulfone groups is 1. The third kappa shape index (κ3) is 3.48. The lowest BCUT2D eigenvalue weighted by molar-refractivity contribution is 0.248. The summed E-state index contributed by atoms with van der Waals surface area (Å²) in [6.45, 7) is 1.86. The fraction of sp³-hybridized carbons (Fsp3) is 0.133. The Labute approximate surface area is 137 Å². The van der Waals surface area contributed by atoms with Gasteiger partial charge in [0.05, 0.1) is 4.90 Å². The second-order valence-electron chi connectivity index (χ2n) is 4.77. The molecule has 0 aliphatic heterocycles. The van der Waals surface area contributed by atoms with E-state index < -0.39 is 21.2 Å². The average molecular weight is 383 g/mol. The van der Waals surface area contributed by atoms with Crippen molar-refractivity contribution < 1.29 is 13.2 Å². The van der Waals surface area contributed by atoms with E-state index in [9.17, 15) is 13.2 Å². The zero-order valence-electron chi connectivity index (χ0n) is 11.8. The molecule has 116 valence electrons. The Balaban J connectivity index is 2.56. The number of nitrogens with one attached hydrogen (secondary N) is 1. The third-order valence-corrected chi connectivity index (χ3v) is 5.76. The number of hydrogen-bond donors (Lipinski definition) is 2. The van der Waals surface area contributed by atoms with Crippen LogP contribution in [0.2, 0.25) is 0 Å². The second-order valence-corrected chi connectivity index (χ2v) is 7.66. The van der Waals surface area contributed by atoms with Gasteiger partial charge in [-0.3, -0.25) is 0 Å². The molecule has 0 fully saturated rings. The molecule has 0 saturated carbocycles. The monoisotopic (exact) mass is 382 g/mol. The van der Waals surface area contributed by atoms with Crippen molar-refractivity contribution in [1.82, 2.24) is 5.32 Å². The molecule has 0 aromatic heterocycles. The van der Waals surface area contributed by atoms with Gasteiger partial charge in [0, 0.05) is 10.0 Å². The summed E-state index contributed by atoms with van der Waals surface area (Å²) < 4.78 is 26.3. The maximum Gasteiger partial charge on any atom is 0.313 e. The van der Waals surface area contributed by atoms with Gasteiger partial charge in [-0.05, 0) is 25.1 Å². The standard InChI is InChI=1S/C15H15BrN2O3S/c1-10-6-8-11(9-7-10)22(20,21)14(18-15(17)19)12-4-2-3-5-13(12)16/h2-9,14H,1H3,(H3,17,18,19). The molecule has 2 aromatic carbocycles. The number of hydrogen-bond acceptors (Lipinski definition) is 3. The highest BCUT2D eigenvalue weighted by Gasteiger charge is 2.31. The molecule has 0 bridgehead atoms. The van der Waals surface area contributed by atoms with Crippen LogP contribution in [-0.4, -0.2) is 14.4 Å². The van der Waals surface area contributed by atoms with Gasteiger partial charge in [-0.2, -0.15) is 0 Å². The van der Waals surface area contributed by atoms with Crippen molar-refractivity contribution in [3.63, 3.8) is 0 Å². The number of halogens is 1. The highest BCUT2D eigenvalue weighted by atomic mass is 79.9. The number of benzene rings is 2. The largest absolute Gasteiger partial charge is 0.352 e.